The summed E-state index contributed by atoms with van der Waals surface area (Å²) in [5.74, 6) is -1.80. The summed E-state index contributed by atoms with van der Waals surface area (Å²) in [6, 6.07) is 50.9. The average Bonchev–Trinajstić information content (AvgIpc) is 0.758. The number of benzene rings is 2. The maximum absolute atomic E-state index is 13.9. The van der Waals surface area contributed by atoms with E-state index in [9.17, 15) is 64.8 Å². The summed E-state index contributed by atoms with van der Waals surface area (Å²) in [5, 5.41) is 75.1. The molecule has 1 saturated heterocycles. The van der Waals surface area contributed by atoms with Crippen molar-refractivity contribution >= 4 is 96.3 Å². The quantitative estimate of drug-likeness (QED) is 0.0338. The fraction of sp³-hybridized carbons (Fsp3) is 0.192. The number of aromatic nitrogens is 16. The van der Waals surface area contributed by atoms with Crippen LogP contribution in [0.15, 0.2) is 170 Å². The number of aryl methyl sites for hydroxylation is 13. The van der Waals surface area contributed by atoms with E-state index in [1.807, 2.05) is 85.1 Å². The van der Waals surface area contributed by atoms with Crippen molar-refractivity contribution in [2.75, 3.05) is 24.1 Å². The number of fused-ring (bicyclic) bond motifs is 25. The van der Waals surface area contributed by atoms with Crippen molar-refractivity contribution in [2.45, 2.75) is 115 Å². The smallest absolute Gasteiger partial charge is 0.462 e. The topological polar surface area (TPSA) is 518 Å². The third kappa shape index (κ3) is 15.0. The molecule has 36 nitrogen and oxygen atoms in total. The van der Waals surface area contributed by atoms with E-state index in [0.29, 0.717) is 99.4 Å². The number of carbonyl (C=O) groups is 4. The molecule has 2 unspecified atom stereocenters. The number of hydrogen-bond donors (Lipinski definition) is 6. The van der Waals surface area contributed by atoms with Crippen molar-refractivity contribution in [1.29, 1.82) is 0 Å². The van der Waals surface area contributed by atoms with Crippen LogP contribution in [0.2, 0.25) is 0 Å². The second-order valence-corrected chi connectivity index (χ2v) is 35.8. The monoisotopic (exact) mass is 1850 g/mol. The van der Waals surface area contributed by atoms with Crippen LogP contribution in [-0.2, 0) is 90.0 Å². The predicted molar refractivity (Wildman–Crippen MR) is 512 cm³/mol. The number of nitrogens with two attached hydrogens (primary N) is 1. The number of hydrogen-bond acceptors (Lipinski definition) is 30. The Bertz CT molecular complexity index is 8510. The number of anilines is 2. The molecule has 0 bridgehead atoms. The van der Waals surface area contributed by atoms with Crippen LogP contribution >= 0.6 is 0 Å². The lowest BCUT2D eigenvalue weighted by atomic mass is 9.82. The summed E-state index contributed by atoms with van der Waals surface area (Å²) in [6.07, 6.45) is 14.6. The number of carbonyl (C=O) groups excluding carboxylic acids is 1. The van der Waals surface area contributed by atoms with Gasteiger partial charge in [-0.05, 0) is 293 Å². The highest BCUT2D eigenvalue weighted by atomic mass is 16.7. The number of Topliss-reactive ketones (excluding diaryl/α,β-unsaturated/α-hetero) is 1. The molecule has 26 rings (SSSR count). The molecule has 7 aliphatic carbocycles. The minimum absolute atomic E-state index is 0.0155. The molecule has 0 amide bonds. The van der Waals surface area contributed by atoms with Gasteiger partial charge in [0.15, 0.2) is 22.7 Å². The number of nitrogens with zero attached hydrogens (tertiary/aromatic N) is 20. The van der Waals surface area contributed by atoms with Gasteiger partial charge in [-0.2, -0.15) is 0 Å². The molecule has 36 heteroatoms. The first-order valence-electron chi connectivity index (χ1n) is 45.7. The lowest BCUT2D eigenvalue weighted by molar-refractivity contribution is -0.445. The Hall–Kier alpha value is -18.0. The van der Waals surface area contributed by atoms with Gasteiger partial charge in [-0.1, -0.05) is 72.5 Å². The van der Waals surface area contributed by atoms with Crippen LogP contribution in [0.1, 0.15) is 156 Å². The highest BCUT2D eigenvalue weighted by molar-refractivity contribution is 6.03. The molecule has 17 aromatic rings. The third-order valence-electron chi connectivity index (χ3n) is 27.5. The van der Waals surface area contributed by atoms with Crippen LogP contribution in [0, 0.1) is 42.2 Å². The van der Waals surface area contributed by atoms with Crippen molar-refractivity contribution in [1.82, 2.24) is 90.0 Å². The minimum atomic E-state index is -1.47. The Morgan fingerprint density at radius 1 is 0.393 bits per heavy atom. The van der Waals surface area contributed by atoms with Gasteiger partial charge in [0.05, 0.1) is 102 Å². The molecule has 0 saturated carbocycles. The van der Waals surface area contributed by atoms with Crippen molar-refractivity contribution in [2.24, 2.45) is 0 Å². The SMILES string of the molecule is Nc1cccc2cc(-c3ccc4c(n3)-c3nc5nc6c(cc5cc3CC4)CCc3ccc(C(=O)O)nc3-6)ncc12.O=C(O)c1ccc2c(n1)-c1nc3nc4c(cc3cc1CC2)CCc1cc2c(nc1-4)C(=O)C(c1nc([N+](=O)[O-])c([N+](=O)[O-])c([N+](=O)[O-])n1)CC2.O=C(O)c1ccc2c(n1)-c1nc3nc4c(cc3cc1CC2)CCc1ccc(-c2ccc(C#Cc3cccc5c3NC3NCCCN3C5)cn2)nc1-4. The van der Waals surface area contributed by atoms with E-state index in [1.54, 1.807) is 24.4 Å². The van der Waals surface area contributed by atoms with Gasteiger partial charge in [0.1, 0.15) is 35.0 Å². The minimum Gasteiger partial charge on any atom is -0.477 e. The molecule has 682 valence electrons. The lowest BCUT2D eigenvalue weighted by Crippen LogP contribution is -2.57. The van der Waals surface area contributed by atoms with Crippen LogP contribution in [0.5, 0.6) is 0 Å². The molecule has 140 heavy (non-hydrogen) atoms. The molecular formula is C104H73N23O13. The molecule has 2 atom stereocenters. The Kier molecular flexibility index (Phi) is 20.4. The van der Waals surface area contributed by atoms with Crippen LogP contribution < -0.4 is 16.4 Å². The molecule has 2 aliphatic heterocycles. The number of pyridine rings is 14. The Morgan fingerprint density at radius 2 is 0.807 bits per heavy atom. The Morgan fingerprint density at radius 3 is 1.26 bits per heavy atom. The van der Waals surface area contributed by atoms with E-state index in [1.165, 1.54) is 11.6 Å². The first-order valence-corrected chi connectivity index (χ1v) is 45.7. The van der Waals surface area contributed by atoms with E-state index >= 15 is 0 Å². The summed E-state index contributed by atoms with van der Waals surface area (Å²) in [5.41, 5.74) is 35.0. The lowest BCUT2D eigenvalue weighted by Gasteiger charge is -2.41. The number of nitrogen functional groups attached to an aromatic ring is 1. The molecule has 9 aliphatic rings. The van der Waals surface area contributed by atoms with Gasteiger partial charge < -0.3 is 46.6 Å². The van der Waals surface area contributed by atoms with Gasteiger partial charge in [0.25, 0.3) is 0 Å². The number of nitro groups is 3. The van der Waals surface area contributed by atoms with Crippen LogP contribution in [-0.4, -0.2) is 158 Å². The first kappa shape index (κ1) is 85.0. The number of para-hydroxylation sites is 1. The van der Waals surface area contributed by atoms with Crippen molar-refractivity contribution in [3.63, 3.8) is 0 Å². The highest BCUT2D eigenvalue weighted by Gasteiger charge is 2.48. The number of nitrogens with one attached hydrogen (secondary N) is 2. The average molecular weight is 1850 g/mol. The number of aromatic carboxylic acids is 3. The van der Waals surface area contributed by atoms with Crippen LogP contribution in [0.4, 0.5) is 28.7 Å². The molecule has 1 fully saturated rings. The van der Waals surface area contributed by atoms with Gasteiger partial charge in [0.2, 0.25) is 0 Å². The molecular weight excluding hydrogens is 1780 g/mol. The van der Waals surface area contributed by atoms with Crippen molar-refractivity contribution in [3.05, 3.63) is 318 Å². The summed E-state index contributed by atoms with van der Waals surface area (Å²) in [7, 11) is 0. The Labute approximate surface area is 791 Å². The zero-order valence-corrected chi connectivity index (χ0v) is 74.0. The first-order chi connectivity index (χ1) is 68.0. The summed E-state index contributed by atoms with van der Waals surface area (Å²) < 4.78 is 0. The van der Waals surface area contributed by atoms with Crippen LogP contribution in [0.25, 0.3) is 135 Å². The number of carboxylic acids is 3. The maximum atomic E-state index is 13.9. The Balaban J connectivity index is 0.000000115. The van der Waals surface area contributed by atoms with Gasteiger partial charge in [0, 0.05) is 73.8 Å². The second-order valence-electron chi connectivity index (χ2n) is 35.8. The van der Waals surface area contributed by atoms with Gasteiger partial charge in [-0.25, -0.2) is 74.2 Å². The number of ketones is 1. The molecule has 7 N–H and O–H groups in total. The van der Waals surface area contributed by atoms with Gasteiger partial charge in [-0.15, -0.1) is 0 Å². The predicted octanol–water partition coefficient (Wildman–Crippen LogP) is 15.1. The zero-order chi connectivity index (χ0) is 95.3. The standard InChI is InChI=1S/C41H32N8O2.C32H22N6O2.C31H19N9O9/c50-40(51)33-16-13-26-9-11-28-20-30-19-27-10-8-25-12-15-32(44-35(25)37(27)46-39(30)47-38(28)36(26)45-33)31-14-6-23(21-43-31)5-7-24-3-1-4-29-22-49-18-2-17-42-41(49)48-34(24)29;33-23-3-1-2-18-14-26(34-15-22(18)23)24-10-8-16-4-6-19-12-21-13-20-7-5-17-9-11-25(32(39)40)36-28(17)30(20)38-31(21)37-29(19)27(16)35-24;41-26-18(28-36-29(39(46)47)25(38(44)45)30(37-28)40(48)49)7-5-16-9-13-3-4-15-11-17-10-14-2-1-12-6-8-19(31(42)43)32-20(12)22(14)34-27(17)35-23(15)21(13)33-24(16)26/h1,3-4,6,12-16,19-21,41-42,48H,2,8-11,17-18,22H2,(H,50,51);1-3,8-15H,4-7,33H2,(H,39,40);6,8-11,18H,1-5,7H2,(H,42,43). The van der Waals surface area contributed by atoms with E-state index in [0.717, 1.165) is 233 Å². The number of rotatable bonds is 9. The fourth-order valence-electron chi connectivity index (χ4n) is 20.5. The van der Waals surface area contributed by atoms with E-state index in [-0.39, 0.29) is 41.9 Å². The molecule has 0 spiro atoms. The highest BCUT2D eigenvalue weighted by Crippen LogP contribution is 2.46. The van der Waals surface area contributed by atoms with E-state index < -0.39 is 67.5 Å². The number of carboxylic acid groups (broad SMARTS) is 3. The van der Waals surface area contributed by atoms with Gasteiger partial charge >= 0.3 is 41.1 Å². The van der Waals surface area contributed by atoms with Gasteiger partial charge in [-0.3, -0.25) is 35.1 Å². The van der Waals surface area contributed by atoms with Crippen molar-refractivity contribution in [3.8, 4) is 103 Å². The fourth-order valence-corrected chi connectivity index (χ4v) is 20.5. The zero-order valence-electron chi connectivity index (χ0n) is 74.0. The molecule has 15 aromatic heterocycles. The van der Waals surface area contributed by atoms with Crippen LogP contribution in [0.3, 0.4) is 0 Å². The largest absolute Gasteiger partial charge is 0.477 e. The van der Waals surface area contributed by atoms with Crippen molar-refractivity contribution < 1.29 is 49.3 Å². The van der Waals surface area contributed by atoms with E-state index in [4.69, 9.17) is 55.6 Å². The normalized spacial score (nSPS) is 15.5. The third-order valence-corrected chi connectivity index (χ3v) is 27.5. The summed E-state index contributed by atoms with van der Waals surface area (Å²) in [6.45, 7) is 3.01. The summed E-state index contributed by atoms with van der Waals surface area (Å²) >= 11 is 0. The molecule has 17 heterocycles. The molecule has 2 aromatic carbocycles. The van der Waals surface area contributed by atoms with E-state index in [2.05, 4.69) is 112 Å². The maximum Gasteiger partial charge on any atom is 0.462 e. The summed E-state index contributed by atoms with van der Waals surface area (Å²) in [4.78, 5) is 157. The second kappa shape index (κ2) is 33.5. The molecule has 0 radical (unpaired) electrons.